The average Bonchev–Trinajstić information content (AvgIpc) is 2.50. The fourth-order valence-electron chi connectivity index (χ4n) is 1.62. The predicted molar refractivity (Wildman–Crippen MR) is 93.4 cm³/mol. The second kappa shape index (κ2) is 8.50. The van der Waals surface area contributed by atoms with Crippen LogP contribution >= 0.6 is 46.4 Å². The maximum absolute atomic E-state index is 11.7. The van der Waals surface area contributed by atoms with Gasteiger partial charge in [-0.05, 0) is 30.3 Å². The molecule has 0 fully saturated rings. The van der Waals surface area contributed by atoms with Crippen LogP contribution in [0.5, 0.6) is 5.75 Å². The summed E-state index contributed by atoms with van der Waals surface area (Å²) in [6.07, 6.45) is -0.667. The zero-order valence-electron chi connectivity index (χ0n) is 11.6. The molecule has 2 aromatic rings. The third-order valence-electron chi connectivity index (χ3n) is 2.66. The molecule has 0 aliphatic rings. The summed E-state index contributed by atoms with van der Waals surface area (Å²) in [5, 5.41) is 3.97. The van der Waals surface area contributed by atoms with E-state index in [4.69, 9.17) is 55.9 Å². The van der Waals surface area contributed by atoms with Gasteiger partial charge in [0.1, 0.15) is 19.0 Å². The van der Waals surface area contributed by atoms with Gasteiger partial charge >= 0.3 is 6.09 Å². The molecule has 0 spiro atoms. The molecule has 0 bridgehead atoms. The van der Waals surface area contributed by atoms with Crippen molar-refractivity contribution in [3.05, 3.63) is 56.5 Å². The van der Waals surface area contributed by atoms with Gasteiger partial charge < -0.3 is 9.47 Å². The van der Waals surface area contributed by atoms with Gasteiger partial charge in [-0.15, -0.1) is 0 Å². The normalized spacial score (nSPS) is 10.3. The number of carbonyl (C=O) groups excluding carboxylic acids is 1. The summed E-state index contributed by atoms with van der Waals surface area (Å²) in [5.41, 5.74) is 0.367. The first-order valence-corrected chi connectivity index (χ1v) is 7.94. The lowest BCUT2D eigenvalue weighted by molar-refractivity contribution is 0.138. The number of hydrogen-bond donors (Lipinski definition) is 1. The Kier molecular flexibility index (Phi) is 6.66. The van der Waals surface area contributed by atoms with E-state index in [1.807, 2.05) is 0 Å². The van der Waals surface area contributed by atoms with Gasteiger partial charge in [0.05, 0.1) is 20.8 Å². The van der Waals surface area contributed by atoms with E-state index in [1.165, 1.54) is 0 Å². The summed E-state index contributed by atoms with van der Waals surface area (Å²) in [6.45, 7) is 0.168. The molecular weight excluding hydrogens is 384 g/mol. The van der Waals surface area contributed by atoms with Crippen molar-refractivity contribution < 1.29 is 14.3 Å². The zero-order valence-corrected chi connectivity index (χ0v) is 14.6. The van der Waals surface area contributed by atoms with Crippen molar-refractivity contribution in [2.24, 2.45) is 0 Å². The van der Waals surface area contributed by atoms with Gasteiger partial charge in [-0.2, -0.15) is 0 Å². The number of amides is 1. The van der Waals surface area contributed by atoms with E-state index in [9.17, 15) is 4.79 Å². The smallest absolute Gasteiger partial charge is 0.411 e. The number of nitrogens with one attached hydrogen (secondary N) is 1. The van der Waals surface area contributed by atoms with Crippen LogP contribution in [0.1, 0.15) is 0 Å². The molecule has 0 aliphatic heterocycles. The molecule has 8 heteroatoms. The largest absolute Gasteiger partial charge is 0.488 e. The van der Waals surface area contributed by atoms with Gasteiger partial charge in [0.2, 0.25) is 0 Å². The highest BCUT2D eigenvalue weighted by atomic mass is 35.5. The summed E-state index contributed by atoms with van der Waals surface area (Å²) >= 11 is 23.5. The van der Waals surface area contributed by atoms with Crippen molar-refractivity contribution in [1.82, 2.24) is 0 Å². The fourth-order valence-corrected chi connectivity index (χ4v) is 2.44. The summed E-state index contributed by atoms with van der Waals surface area (Å²) in [6, 6.07) is 9.74. The standard InChI is InChI=1S/C15H11Cl4NO3/c16-9-4-5-13(11(18)8-9)22-6-7-23-15(21)20-12-3-1-2-10(17)14(12)19/h1-5,8H,6-7H2,(H,20,21). The van der Waals surface area contributed by atoms with Gasteiger partial charge in [0, 0.05) is 5.02 Å². The van der Waals surface area contributed by atoms with Gasteiger partial charge in [-0.1, -0.05) is 52.5 Å². The van der Waals surface area contributed by atoms with E-state index in [1.54, 1.807) is 36.4 Å². The van der Waals surface area contributed by atoms with Crippen molar-refractivity contribution in [2.45, 2.75) is 0 Å². The number of benzene rings is 2. The second-order valence-corrected chi connectivity index (χ2v) is 5.91. The minimum absolute atomic E-state index is 0.0307. The van der Waals surface area contributed by atoms with Crippen molar-refractivity contribution in [1.29, 1.82) is 0 Å². The minimum Gasteiger partial charge on any atom is -0.488 e. The Morgan fingerprint density at radius 3 is 2.52 bits per heavy atom. The van der Waals surface area contributed by atoms with E-state index in [2.05, 4.69) is 5.32 Å². The highest BCUT2D eigenvalue weighted by Gasteiger charge is 2.09. The Labute approximate surface area is 153 Å². The molecule has 0 unspecified atom stereocenters. The molecule has 0 saturated heterocycles. The minimum atomic E-state index is -0.667. The molecule has 1 N–H and O–H groups in total. The monoisotopic (exact) mass is 393 g/mol. The Morgan fingerprint density at radius 2 is 1.78 bits per heavy atom. The quantitative estimate of drug-likeness (QED) is 0.639. The number of halogens is 4. The molecule has 0 heterocycles. The molecule has 1 amide bonds. The average molecular weight is 395 g/mol. The van der Waals surface area contributed by atoms with Gasteiger partial charge in [-0.25, -0.2) is 4.79 Å². The number of rotatable bonds is 5. The first-order chi connectivity index (χ1) is 11.0. The lowest BCUT2D eigenvalue weighted by Gasteiger charge is -2.10. The van der Waals surface area contributed by atoms with Gasteiger partial charge in [0.15, 0.2) is 0 Å². The van der Waals surface area contributed by atoms with Gasteiger partial charge in [0.25, 0.3) is 0 Å². The van der Waals surface area contributed by atoms with E-state index in [0.29, 0.717) is 26.5 Å². The topological polar surface area (TPSA) is 47.6 Å². The number of carbonyl (C=O) groups is 1. The second-order valence-electron chi connectivity index (χ2n) is 4.29. The first-order valence-electron chi connectivity index (χ1n) is 6.43. The van der Waals surface area contributed by atoms with E-state index < -0.39 is 6.09 Å². The molecule has 0 atom stereocenters. The molecule has 2 rings (SSSR count). The van der Waals surface area contributed by atoms with Crippen LogP contribution in [0.25, 0.3) is 0 Å². The zero-order chi connectivity index (χ0) is 16.8. The molecular formula is C15H11Cl4NO3. The van der Waals surface area contributed by atoms with Crippen LogP contribution in [0.3, 0.4) is 0 Å². The molecule has 0 aliphatic carbocycles. The van der Waals surface area contributed by atoms with Crippen molar-refractivity contribution in [2.75, 3.05) is 18.5 Å². The highest BCUT2D eigenvalue weighted by molar-refractivity contribution is 6.43. The van der Waals surface area contributed by atoms with E-state index in [0.717, 1.165) is 0 Å². The van der Waals surface area contributed by atoms with Crippen LogP contribution in [-0.4, -0.2) is 19.3 Å². The molecule has 0 radical (unpaired) electrons. The Morgan fingerprint density at radius 1 is 1.00 bits per heavy atom. The van der Waals surface area contributed by atoms with Crippen molar-refractivity contribution in [3.8, 4) is 5.75 Å². The van der Waals surface area contributed by atoms with Crippen LogP contribution < -0.4 is 10.1 Å². The Bertz CT molecular complexity index is 709. The SMILES string of the molecule is O=C(Nc1cccc(Cl)c1Cl)OCCOc1ccc(Cl)cc1Cl. The maximum Gasteiger partial charge on any atom is 0.411 e. The lowest BCUT2D eigenvalue weighted by Crippen LogP contribution is -2.17. The summed E-state index contributed by atoms with van der Waals surface area (Å²) in [5.74, 6) is 0.456. The lowest BCUT2D eigenvalue weighted by atomic mass is 10.3. The third kappa shape index (κ3) is 5.36. The summed E-state index contributed by atoms with van der Waals surface area (Å²) < 4.78 is 10.4. The molecule has 0 saturated carbocycles. The van der Waals surface area contributed by atoms with Crippen LogP contribution in [0.15, 0.2) is 36.4 Å². The summed E-state index contributed by atoms with van der Waals surface area (Å²) in [4.78, 5) is 11.7. The van der Waals surface area contributed by atoms with Crippen molar-refractivity contribution in [3.63, 3.8) is 0 Å². The molecule has 0 aromatic heterocycles. The first kappa shape index (κ1) is 18.0. The van der Waals surface area contributed by atoms with E-state index in [-0.39, 0.29) is 18.2 Å². The van der Waals surface area contributed by atoms with Crippen LogP contribution in [0, 0.1) is 0 Å². The molecule has 2 aromatic carbocycles. The van der Waals surface area contributed by atoms with Crippen LogP contribution in [-0.2, 0) is 4.74 Å². The Balaban J connectivity index is 1.78. The number of hydrogen-bond acceptors (Lipinski definition) is 3. The third-order valence-corrected chi connectivity index (χ3v) is 4.01. The van der Waals surface area contributed by atoms with Gasteiger partial charge in [-0.3, -0.25) is 5.32 Å². The van der Waals surface area contributed by atoms with Crippen molar-refractivity contribution >= 4 is 58.2 Å². The maximum atomic E-state index is 11.7. The summed E-state index contributed by atoms with van der Waals surface area (Å²) in [7, 11) is 0. The molecule has 23 heavy (non-hydrogen) atoms. The predicted octanol–water partition coefficient (Wildman–Crippen LogP) is 5.93. The highest BCUT2D eigenvalue weighted by Crippen LogP contribution is 2.29. The number of anilines is 1. The van der Waals surface area contributed by atoms with Crippen LogP contribution in [0.2, 0.25) is 20.1 Å². The molecule has 4 nitrogen and oxygen atoms in total. The van der Waals surface area contributed by atoms with Crippen LogP contribution in [0.4, 0.5) is 10.5 Å². The number of ether oxygens (including phenoxy) is 2. The Hall–Kier alpha value is -1.33. The fraction of sp³-hybridized carbons (Fsp3) is 0.133. The van der Waals surface area contributed by atoms with E-state index >= 15 is 0 Å². The molecule has 122 valence electrons.